The van der Waals surface area contributed by atoms with E-state index < -0.39 is 8.56 Å². The third-order valence-electron chi connectivity index (χ3n) is 1.50. The van der Waals surface area contributed by atoms with E-state index in [1.54, 1.807) is 0 Å². The lowest BCUT2D eigenvalue weighted by Crippen LogP contribution is -2.42. The average molecular weight is 204 g/mol. The summed E-state index contributed by atoms with van der Waals surface area (Å²) in [5.41, 5.74) is -0.0814. The molecule has 3 heteroatoms. The van der Waals surface area contributed by atoms with Crippen molar-refractivity contribution in [3.63, 3.8) is 0 Å². The van der Waals surface area contributed by atoms with E-state index in [0.717, 1.165) is 13.0 Å². The highest BCUT2D eigenvalue weighted by Gasteiger charge is 2.30. The molecule has 0 aliphatic rings. The number of hydrogen-bond donors (Lipinski definition) is 0. The van der Waals surface area contributed by atoms with Crippen LogP contribution in [0.4, 0.5) is 0 Å². The molecule has 80 valence electrons. The third-order valence-corrected chi connectivity index (χ3v) is 3.50. The average Bonchev–Trinajstić information content (AvgIpc) is 1.81. The standard InChI is InChI=1S/C10H24O2Si/c1-7-8-9-11-13(5,6)12-10(2,3)4/h7-9H2,1-6H3. The first kappa shape index (κ1) is 13.1. The van der Waals surface area contributed by atoms with Gasteiger partial charge in [-0.2, -0.15) is 0 Å². The molecule has 0 fully saturated rings. The molecular formula is C10H24O2Si. The lowest BCUT2D eigenvalue weighted by molar-refractivity contribution is 0.0690. The van der Waals surface area contributed by atoms with Gasteiger partial charge in [-0.1, -0.05) is 13.3 Å². The van der Waals surface area contributed by atoms with Crippen molar-refractivity contribution in [2.45, 2.75) is 59.2 Å². The highest BCUT2D eigenvalue weighted by atomic mass is 28.4. The van der Waals surface area contributed by atoms with Gasteiger partial charge in [0.25, 0.3) is 0 Å². The first-order valence-corrected chi connectivity index (χ1v) is 7.92. The number of rotatable bonds is 5. The molecule has 0 spiro atoms. The van der Waals surface area contributed by atoms with Crippen molar-refractivity contribution in [3.8, 4) is 0 Å². The Bertz CT molecular complexity index is 138. The molecule has 0 aromatic carbocycles. The van der Waals surface area contributed by atoms with E-state index in [-0.39, 0.29) is 5.60 Å². The Morgan fingerprint density at radius 3 is 2.08 bits per heavy atom. The third kappa shape index (κ3) is 8.47. The van der Waals surface area contributed by atoms with Gasteiger partial charge in [0.05, 0.1) is 5.60 Å². The summed E-state index contributed by atoms with van der Waals surface area (Å²) in [4.78, 5) is 0. The van der Waals surface area contributed by atoms with Crippen LogP contribution in [-0.2, 0) is 8.85 Å². The van der Waals surface area contributed by atoms with E-state index in [9.17, 15) is 0 Å². The maximum absolute atomic E-state index is 5.89. The van der Waals surface area contributed by atoms with E-state index in [4.69, 9.17) is 8.85 Å². The second-order valence-corrected chi connectivity index (χ2v) is 8.11. The van der Waals surface area contributed by atoms with Gasteiger partial charge in [-0.15, -0.1) is 0 Å². The summed E-state index contributed by atoms with van der Waals surface area (Å²) in [6.07, 6.45) is 2.31. The normalized spacial score (nSPS) is 13.4. The van der Waals surface area contributed by atoms with E-state index in [1.807, 2.05) is 0 Å². The summed E-state index contributed by atoms with van der Waals surface area (Å²) in [5, 5.41) is 0. The predicted molar refractivity (Wildman–Crippen MR) is 59.2 cm³/mol. The molecule has 2 nitrogen and oxygen atoms in total. The molecule has 0 aromatic heterocycles. The van der Waals surface area contributed by atoms with Crippen LogP contribution in [0.5, 0.6) is 0 Å². The molecule has 0 saturated carbocycles. The molecule has 13 heavy (non-hydrogen) atoms. The van der Waals surface area contributed by atoms with Crippen molar-refractivity contribution in [2.24, 2.45) is 0 Å². The smallest absolute Gasteiger partial charge is 0.332 e. The van der Waals surface area contributed by atoms with Crippen LogP contribution in [0.1, 0.15) is 40.5 Å². The fourth-order valence-electron chi connectivity index (χ4n) is 1.23. The van der Waals surface area contributed by atoms with Crippen molar-refractivity contribution in [1.82, 2.24) is 0 Å². The van der Waals surface area contributed by atoms with Crippen LogP contribution in [0.3, 0.4) is 0 Å². The van der Waals surface area contributed by atoms with Crippen molar-refractivity contribution in [3.05, 3.63) is 0 Å². The minimum absolute atomic E-state index is 0.0814. The fourth-order valence-corrected chi connectivity index (χ4v) is 3.40. The zero-order valence-corrected chi connectivity index (χ0v) is 10.9. The van der Waals surface area contributed by atoms with E-state index in [0.29, 0.717) is 0 Å². The van der Waals surface area contributed by atoms with Crippen molar-refractivity contribution < 1.29 is 8.85 Å². The van der Waals surface area contributed by atoms with Gasteiger partial charge in [0, 0.05) is 6.61 Å². The second-order valence-electron chi connectivity index (χ2n) is 4.82. The molecule has 0 aromatic rings. The van der Waals surface area contributed by atoms with Gasteiger partial charge in [0.1, 0.15) is 0 Å². The van der Waals surface area contributed by atoms with Crippen LogP contribution in [0.25, 0.3) is 0 Å². The lowest BCUT2D eigenvalue weighted by Gasteiger charge is -2.31. The topological polar surface area (TPSA) is 18.5 Å². The number of hydrogen-bond acceptors (Lipinski definition) is 2. The molecule has 0 N–H and O–H groups in total. The second kappa shape index (κ2) is 5.13. The summed E-state index contributed by atoms with van der Waals surface area (Å²) >= 11 is 0. The molecule has 0 saturated heterocycles. The summed E-state index contributed by atoms with van der Waals surface area (Å²) < 4.78 is 11.7. The van der Waals surface area contributed by atoms with Crippen LogP contribution in [0.15, 0.2) is 0 Å². The van der Waals surface area contributed by atoms with Gasteiger partial charge in [-0.05, 0) is 40.3 Å². The Morgan fingerprint density at radius 2 is 1.69 bits per heavy atom. The highest BCUT2D eigenvalue weighted by Crippen LogP contribution is 2.17. The monoisotopic (exact) mass is 204 g/mol. The first-order chi connectivity index (χ1) is 5.77. The largest absolute Gasteiger partial charge is 0.394 e. The van der Waals surface area contributed by atoms with E-state index in [1.165, 1.54) is 6.42 Å². The summed E-state index contributed by atoms with van der Waals surface area (Å²) in [6, 6.07) is 0. The van der Waals surface area contributed by atoms with Crippen molar-refractivity contribution in [1.29, 1.82) is 0 Å². The van der Waals surface area contributed by atoms with Crippen LogP contribution in [0.2, 0.25) is 13.1 Å². The summed E-state index contributed by atoms with van der Waals surface area (Å²) in [7, 11) is -1.88. The molecule has 0 radical (unpaired) electrons. The molecule has 0 aliphatic carbocycles. The molecular weight excluding hydrogens is 180 g/mol. The molecule has 0 amide bonds. The van der Waals surface area contributed by atoms with Gasteiger partial charge >= 0.3 is 8.56 Å². The summed E-state index contributed by atoms with van der Waals surface area (Å²) in [6.45, 7) is 13.4. The molecule has 0 bridgehead atoms. The van der Waals surface area contributed by atoms with Crippen LogP contribution < -0.4 is 0 Å². The van der Waals surface area contributed by atoms with E-state index >= 15 is 0 Å². The minimum Gasteiger partial charge on any atom is -0.394 e. The Morgan fingerprint density at radius 1 is 1.15 bits per heavy atom. The molecule has 0 heterocycles. The Hall–Kier alpha value is 0.137. The molecule has 0 rings (SSSR count). The van der Waals surface area contributed by atoms with Gasteiger partial charge in [0.15, 0.2) is 0 Å². The quantitative estimate of drug-likeness (QED) is 0.505. The van der Waals surface area contributed by atoms with Crippen LogP contribution in [0, 0.1) is 0 Å². The molecule has 0 unspecified atom stereocenters. The van der Waals surface area contributed by atoms with Crippen LogP contribution >= 0.6 is 0 Å². The maximum atomic E-state index is 5.89. The van der Waals surface area contributed by atoms with Gasteiger partial charge in [-0.25, -0.2) is 0 Å². The Labute approximate surface area is 83.9 Å². The Kier molecular flexibility index (Phi) is 5.18. The number of unbranched alkanes of at least 4 members (excludes halogenated alkanes) is 1. The fraction of sp³-hybridized carbons (Fsp3) is 1.00. The molecule has 0 aliphatic heterocycles. The van der Waals surface area contributed by atoms with Crippen LogP contribution in [-0.4, -0.2) is 20.8 Å². The lowest BCUT2D eigenvalue weighted by atomic mass is 10.2. The van der Waals surface area contributed by atoms with Crippen molar-refractivity contribution >= 4 is 8.56 Å². The van der Waals surface area contributed by atoms with Gasteiger partial charge < -0.3 is 8.85 Å². The first-order valence-electron chi connectivity index (χ1n) is 5.11. The molecule has 0 atom stereocenters. The minimum atomic E-state index is -1.88. The SMILES string of the molecule is CCCCO[Si](C)(C)OC(C)(C)C. The zero-order valence-electron chi connectivity index (χ0n) is 9.94. The van der Waals surface area contributed by atoms with Crippen molar-refractivity contribution in [2.75, 3.05) is 6.61 Å². The Balaban J connectivity index is 3.80. The van der Waals surface area contributed by atoms with E-state index in [2.05, 4.69) is 40.8 Å². The zero-order chi connectivity index (χ0) is 10.5. The highest BCUT2D eigenvalue weighted by molar-refractivity contribution is 6.64. The van der Waals surface area contributed by atoms with Gasteiger partial charge in [0.2, 0.25) is 0 Å². The van der Waals surface area contributed by atoms with Gasteiger partial charge in [-0.3, -0.25) is 0 Å². The predicted octanol–water partition coefficient (Wildman–Crippen LogP) is 3.32. The maximum Gasteiger partial charge on any atom is 0.332 e. The summed E-state index contributed by atoms with van der Waals surface area (Å²) in [5.74, 6) is 0.